The summed E-state index contributed by atoms with van der Waals surface area (Å²) in [7, 11) is 0. The van der Waals surface area contributed by atoms with E-state index in [0.29, 0.717) is 12.2 Å². The van der Waals surface area contributed by atoms with Crippen molar-refractivity contribution in [3.63, 3.8) is 0 Å². The lowest BCUT2D eigenvalue weighted by atomic mass is 10.3. The molecule has 0 fully saturated rings. The minimum atomic E-state index is -0.417. The first-order valence-electron chi connectivity index (χ1n) is 4.21. The van der Waals surface area contributed by atoms with Gasteiger partial charge in [-0.05, 0) is 6.42 Å². The zero-order valence-corrected chi connectivity index (χ0v) is 7.54. The first kappa shape index (κ1) is 9.57. The number of hydrogen-bond acceptors (Lipinski definition) is 4. The number of carbonyl (C=O) groups is 1. The molecule has 1 heterocycles. The summed E-state index contributed by atoms with van der Waals surface area (Å²) < 4.78 is 4.93. The summed E-state index contributed by atoms with van der Waals surface area (Å²) in [4.78, 5) is 11.2. The van der Waals surface area contributed by atoms with Crippen LogP contribution in [0.3, 0.4) is 0 Å². The van der Waals surface area contributed by atoms with Gasteiger partial charge in [-0.3, -0.25) is 5.10 Å². The van der Waals surface area contributed by atoms with Gasteiger partial charge in [0.15, 0.2) is 0 Å². The van der Waals surface area contributed by atoms with Crippen molar-refractivity contribution in [2.75, 3.05) is 12.3 Å². The molecule has 0 unspecified atom stereocenters. The van der Waals surface area contributed by atoms with Crippen molar-refractivity contribution in [2.24, 2.45) is 0 Å². The quantitative estimate of drug-likeness (QED) is 0.538. The van der Waals surface area contributed by atoms with E-state index in [2.05, 4.69) is 10.2 Å². The summed E-state index contributed by atoms with van der Waals surface area (Å²) in [5.74, 6) is -0.166. The molecule has 0 saturated heterocycles. The maximum atomic E-state index is 11.2. The second-order valence-electron chi connectivity index (χ2n) is 2.69. The highest BCUT2D eigenvalue weighted by Gasteiger charge is 2.12. The molecule has 3 N–H and O–H groups in total. The number of rotatable bonds is 4. The molecule has 0 saturated carbocycles. The van der Waals surface area contributed by atoms with E-state index >= 15 is 0 Å². The van der Waals surface area contributed by atoms with E-state index in [9.17, 15) is 4.79 Å². The summed E-state index contributed by atoms with van der Waals surface area (Å²) >= 11 is 0. The molecule has 1 aromatic rings. The number of nitrogen functional groups attached to an aromatic ring is 1. The van der Waals surface area contributed by atoms with Gasteiger partial charge in [0.1, 0.15) is 11.4 Å². The Kier molecular flexibility index (Phi) is 3.31. The maximum absolute atomic E-state index is 11.2. The Labute approximate surface area is 76.3 Å². The van der Waals surface area contributed by atoms with Gasteiger partial charge in [0, 0.05) is 0 Å². The maximum Gasteiger partial charge on any atom is 0.343 e. The number of unbranched alkanes of at least 4 members (excludes halogenated alkanes) is 1. The Bertz CT molecular complexity index is 283. The number of nitrogens with one attached hydrogen (secondary N) is 1. The molecule has 5 heteroatoms. The third kappa shape index (κ3) is 2.47. The van der Waals surface area contributed by atoms with Crippen molar-refractivity contribution in [2.45, 2.75) is 19.8 Å². The van der Waals surface area contributed by atoms with Gasteiger partial charge in [0.05, 0.1) is 12.8 Å². The predicted molar refractivity (Wildman–Crippen MR) is 48.2 cm³/mol. The second kappa shape index (κ2) is 4.49. The third-order valence-electron chi connectivity index (χ3n) is 1.62. The fourth-order valence-electron chi connectivity index (χ4n) is 0.846. The standard InChI is InChI=1S/C8H13N3O2/c1-2-3-4-13-8(12)6-5-10-11-7(6)9/h5H,2-4H2,1H3,(H3,9,10,11). The molecule has 1 rings (SSSR count). The van der Waals surface area contributed by atoms with E-state index in [-0.39, 0.29) is 5.82 Å². The lowest BCUT2D eigenvalue weighted by Crippen LogP contribution is -2.07. The van der Waals surface area contributed by atoms with E-state index < -0.39 is 5.97 Å². The second-order valence-corrected chi connectivity index (χ2v) is 2.69. The first-order chi connectivity index (χ1) is 6.25. The molecule has 1 aromatic heterocycles. The highest BCUT2D eigenvalue weighted by atomic mass is 16.5. The molecular formula is C8H13N3O2. The SMILES string of the molecule is CCCCOC(=O)c1cn[nH]c1N. The van der Waals surface area contributed by atoms with E-state index in [1.807, 2.05) is 6.92 Å². The number of ether oxygens (including phenoxy) is 1. The normalized spacial score (nSPS) is 9.92. The summed E-state index contributed by atoms with van der Waals surface area (Å²) in [5.41, 5.74) is 5.73. The highest BCUT2D eigenvalue weighted by Crippen LogP contribution is 2.07. The van der Waals surface area contributed by atoms with Crippen LogP contribution in [0, 0.1) is 0 Å². The number of H-pyrrole nitrogens is 1. The van der Waals surface area contributed by atoms with E-state index in [0.717, 1.165) is 12.8 Å². The molecule has 0 atom stereocenters. The number of carbonyl (C=O) groups excluding carboxylic acids is 1. The van der Waals surface area contributed by atoms with Crippen LogP contribution in [-0.4, -0.2) is 22.8 Å². The Morgan fingerprint density at radius 2 is 2.54 bits per heavy atom. The molecule has 0 spiro atoms. The molecule has 0 amide bonds. The smallest absolute Gasteiger partial charge is 0.343 e. The van der Waals surface area contributed by atoms with Gasteiger partial charge in [-0.25, -0.2) is 4.79 Å². The van der Waals surface area contributed by atoms with Gasteiger partial charge >= 0.3 is 5.97 Å². The minimum absolute atomic E-state index is 0.251. The van der Waals surface area contributed by atoms with Crippen LogP contribution in [-0.2, 0) is 4.74 Å². The predicted octanol–water partition coefficient (Wildman–Crippen LogP) is 0.949. The molecule has 0 aromatic carbocycles. The fraction of sp³-hybridized carbons (Fsp3) is 0.500. The van der Waals surface area contributed by atoms with Crippen LogP contribution >= 0.6 is 0 Å². The zero-order chi connectivity index (χ0) is 9.68. The fourth-order valence-corrected chi connectivity index (χ4v) is 0.846. The monoisotopic (exact) mass is 183 g/mol. The largest absolute Gasteiger partial charge is 0.462 e. The van der Waals surface area contributed by atoms with E-state index in [1.165, 1.54) is 6.20 Å². The lowest BCUT2D eigenvalue weighted by molar-refractivity contribution is 0.0501. The summed E-state index contributed by atoms with van der Waals surface area (Å²) in [6, 6.07) is 0. The van der Waals surface area contributed by atoms with Gasteiger partial charge in [-0.2, -0.15) is 5.10 Å². The molecule has 5 nitrogen and oxygen atoms in total. The van der Waals surface area contributed by atoms with Crippen LogP contribution in [0.25, 0.3) is 0 Å². The van der Waals surface area contributed by atoms with E-state index in [4.69, 9.17) is 10.5 Å². The summed E-state index contributed by atoms with van der Waals surface area (Å²) in [6.07, 6.45) is 3.22. The number of nitrogens with two attached hydrogens (primary N) is 1. The van der Waals surface area contributed by atoms with Crippen LogP contribution in [0.4, 0.5) is 5.82 Å². The van der Waals surface area contributed by atoms with Crippen LogP contribution in [0.15, 0.2) is 6.20 Å². The number of hydrogen-bond donors (Lipinski definition) is 2. The average Bonchev–Trinajstić information content (AvgIpc) is 2.52. The number of anilines is 1. The van der Waals surface area contributed by atoms with Crippen molar-refractivity contribution in [1.82, 2.24) is 10.2 Å². The van der Waals surface area contributed by atoms with E-state index in [1.54, 1.807) is 0 Å². The topological polar surface area (TPSA) is 81.0 Å². The Balaban J connectivity index is 2.45. The number of nitrogens with zero attached hydrogens (tertiary/aromatic N) is 1. The van der Waals surface area contributed by atoms with Crippen molar-refractivity contribution >= 4 is 11.8 Å². The molecule has 72 valence electrons. The molecule has 0 aliphatic carbocycles. The van der Waals surface area contributed by atoms with Gasteiger partial charge in [0.2, 0.25) is 0 Å². The average molecular weight is 183 g/mol. The Morgan fingerprint density at radius 3 is 3.08 bits per heavy atom. The molecule has 0 aliphatic heterocycles. The van der Waals surface area contributed by atoms with Crippen molar-refractivity contribution < 1.29 is 9.53 Å². The highest BCUT2D eigenvalue weighted by molar-refractivity contribution is 5.93. The molecule has 0 radical (unpaired) electrons. The molecule has 0 aliphatic rings. The van der Waals surface area contributed by atoms with Crippen molar-refractivity contribution in [3.05, 3.63) is 11.8 Å². The van der Waals surface area contributed by atoms with Crippen LogP contribution in [0.5, 0.6) is 0 Å². The van der Waals surface area contributed by atoms with Crippen LogP contribution in [0.2, 0.25) is 0 Å². The molecule has 13 heavy (non-hydrogen) atoms. The lowest BCUT2D eigenvalue weighted by Gasteiger charge is -2.01. The van der Waals surface area contributed by atoms with Gasteiger partial charge < -0.3 is 10.5 Å². The van der Waals surface area contributed by atoms with Gasteiger partial charge in [0.25, 0.3) is 0 Å². The number of aromatic nitrogens is 2. The number of aromatic amines is 1. The molecule has 0 bridgehead atoms. The number of esters is 1. The zero-order valence-electron chi connectivity index (χ0n) is 7.54. The van der Waals surface area contributed by atoms with Crippen LogP contribution < -0.4 is 5.73 Å². The van der Waals surface area contributed by atoms with Gasteiger partial charge in [-0.15, -0.1) is 0 Å². The van der Waals surface area contributed by atoms with Crippen LogP contribution in [0.1, 0.15) is 30.1 Å². The summed E-state index contributed by atoms with van der Waals surface area (Å²) in [6.45, 7) is 2.46. The molecular weight excluding hydrogens is 170 g/mol. The van der Waals surface area contributed by atoms with Crippen molar-refractivity contribution in [3.8, 4) is 0 Å². The van der Waals surface area contributed by atoms with Crippen molar-refractivity contribution in [1.29, 1.82) is 0 Å². The Morgan fingerprint density at radius 1 is 1.77 bits per heavy atom. The Hall–Kier alpha value is -1.52. The summed E-state index contributed by atoms with van der Waals surface area (Å²) in [5, 5.41) is 6.09. The first-order valence-corrected chi connectivity index (χ1v) is 4.21. The third-order valence-corrected chi connectivity index (χ3v) is 1.62. The minimum Gasteiger partial charge on any atom is -0.462 e. The van der Waals surface area contributed by atoms with Gasteiger partial charge in [-0.1, -0.05) is 13.3 Å².